The molecule has 1 atom stereocenters. The van der Waals surface area contributed by atoms with Gasteiger partial charge >= 0.3 is 0 Å². The Morgan fingerprint density at radius 2 is 2.21 bits per heavy atom. The molecule has 0 aliphatic carbocycles. The molecular formula is C13H19ClN4O. The third-order valence-electron chi connectivity index (χ3n) is 3.47. The molecule has 1 aromatic rings. The highest BCUT2D eigenvalue weighted by atomic mass is 35.5. The SMILES string of the molecule is CCC1CN(C)CCCN1C(=O)c1cnc(Cl)cn1. The Hall–Kier alpha value is -1.20. The van der Waals surface area contributed by atoms with Crippen molar-refractivity contribution in [1.29, 1.82) is 0 Å². The molecule has 2 heterocycles. The number of hydrogen-bond donors (Lipinski definition) is 0. The van der Waals surface area contributed by atoms with Gasteiger partial charge < -0.3 is 9.80 Å². The normalized spacial score (nSPS) is 21.2. The molecule has 1 fully saturated rings. The highest BCUT2D eigenvalue weighted by Gasteiger charge is 2.27. The summed E-state index contributed by atoms with van der Waals surface area (Å²) in [5.74, 6) is -0.0497. The highest BCUT2D eigenvalue weighted by molar-refractivity contribution is 6.29. The molecule has 19 heavy (non-hydrogen) atoms. The van der Waals surface area contributed by atoms with E-state index in [1.54, 1.807) is 0 Å². The van der Waals surface area contributed by atoms with E-state index in [4.69, 9.17) is 11.6 Å². The first-order chi connectivity index (χ1) is 9.11. The summed E-state index contributed by atoms with van der Waals surface area (Å²) in [6.45, 7) is 4.81. The molecule has 0 radical (unpaired) electrons. The Morgan fingerprint density at radius 1 is 1.42 bits per heavy atom. The largest absolute Gasteiger partial charge is 0.333 e. The Labute approximate surface area is 118 Å². The Morgan fingerprint density at radius 3 is 2.84 bits per heavy atom. The number of hydrogen-bond acceptors (Lipinski definition) is 4. The second-order valence-electron chi connectivity index (χ2n) is 4.90. The Kier molecular flexibility index (Phi) is 4.71. The van der Waals surface area contributed by atoms with Crippen LogP contribution in [0.1, 0.15) is 30.3 Å². The van der Waals surface area contributed by atoms with Crippen molar-refractivity contribution in [2.75, 3.05) is 26.7 Å². The summed E-state index contributed by atoms with van der Waals surface area (Å²) in [6, 6.07) is 0.234. The molecule has 0 N–H and O–H groups in total. The van der Waals surface area contributed by atoms with Gasteiger partial charge in [-0.3, -0.25) is 4.79 Å². The highest BCUT2D eigenvalue weighted by Crippen LogP contribution is 2.15. The van der Waals surface area contributed by atoms with E-state index in [2.05, 4.69) is 28.8 Å². The van der Waals surface area contributed by atoms with Crippen molar-refractivity contribution in [3.8, 4) is 0 Å². The van der Waals surface area contributed by atoms with Gasteiger partial charge in [-0.05, 0) is 26.4 Å². The lowest BCUT2D eigenvalue weighted by Gasteiger charge is -2.29. The van der Waals surface area contributed by atoms with Crippen molar-refractivity contribution < 1.29 is 4.79 Å². The smallest absolute Gasteiger partial charge is 0.274 e. The zero-order valence-electron chi connectivity index (χ0n) is 11.3. The van der Waals surface area contributed by atoms with Crippen molar-refractivity contribution in [2.45, 2.75) is 25.8 Å². The Bertz CT molecular complexity index is 437. The van der Waals surface area contributed by atoms with Crippen LogP contribution in [0.4, 0.5) is 0 Å². The van der Waals surface area contributed by atoms with E-state index in [0.717, 1.165) is 32.5 Å². The van der Waals surface area contributed by atoms with Crippen LogP contribution in [-0.4, -0.2) is 58.4 Å². The van der Waals surface area contributed by atoms with Gasteiger partial charge in [-0.2, -0.15) is 0 Å². The van der Waals surface area contributed by atoms with Gasteiger partial charge in [0.15, 0.2) is 0 Å². The Balaban J connectivity index is 2.17. The lowest BCUT2D eigenvalue weighted by Crippen LogP contribution is -2.43. The molecule has 1 saturated heterocycles. The maximum atomic E-state index is 12.5. The molecule has 0 aromatic carbocycles. The monoisotopic (exact) mass is 282 g/mol. The van der Waals surface area contributed by atoms with Crippen LogP contribution in [0, 0.1) is 0 Å². The third kappa shape index (κ3) is 3.42. The van der Waals surface area contributed by atoms with Crippen molar-refractivity contribution in [3.05, 3.63) is 23.2 Å². The molecule has 0 saturated carbocycles. The summed E-state index contributed by atoms with van der Waals surface area (Å²) in [5.41, 5.74) is 0.368. The van der Waals surface area contributed by atoms with E-state index in [-0.39, 0.29) is 11.9 Å². The van der Waals surface area contributed by atoms with E-state index in [1.807, 2.05) is 4.90 Å². The zero-order valence-corrected chi connectivity index (χ0v) is 12.1. The molecular weight excluding hydrogens is 264 g/mol. The number of amides is 1. The van der Waals surface area contributed by atoms with Gasteiger partial charge in [0, 0.05) is 19.1 Å². The quantitative estimate of drug-likeness (QED) is 0.828. The van der Waals surface area contributed by atoms with E-state index in [9.17, 15) is 4.79 Å². The van der Waals surface area contributed by atoms with Crippen molar-refractivity contribution in [2.24, 2.45) is 0 Å². The number of carbonyl (C=O) groups is 1. The van der Waals surface area contributed by atoms with Gasteiger partial charge in [-0.1, -0.05) is 18.5 Å². The summed E-state index contributed by atoms with van der Waals surface area (Å²) >= 11 is 5.70. The van der Waals surface area contributed by atoms with Crippen LogP contribution in [0.2, 0.25) is 5.15 Å². The minimum Gasteiger partial charge on any atom is -0.333 e. The number of halogens is 1. The third-order valence-corrected chi connectivity index (χ3v) is 3.67. The average Bonchev–Trinajstić information content (AvgIpc) is 2.60. The second-order valence-corrected chi connectivity index (χ2v) is 5.29. The standard InChI is InChI=1S/C13H19ClN4O/c1-3-10-9-17(2)5-4-6-18(10)13(19)11-7-16-12(14)8-15-11/h7-8,10H,3-6,9H2,1-2H3. The maximum Gasteiger partial charge on any atom is 0.274 e. The van der Waals surface area contributed by atoms with Crippen LogP contribution in [0.25, 0.3) is 0 Å². The first kappa shape index (κ1) is 14.2. The van der Waals surface area contributed by atoms with Crippen LogP contribution in [0.15, 0.2) is 12.4 Å². The van der Waals surface area contributed by atoms with Gasteiger partial charge in [0.2, 0.25) is 0 Å². The molecule has 5 nitrogen and oxygen atoms in total. The van der Waals surface area contributed by atoms with Crippen LogP contribution >= 0.6 is 11.6 Å². The topological polar surface area (TPSA) is 49.3 Å². The van der Waals surface area contributed by atoms with E-state index >= 15 is 0 Å². The molecule has 6 heteroatoms. The molecule has 2 rings (SSSR count). The lowest BCUT2D eigenvalue weighted by molar-refractivity contribution is 0.0669. The first-order valence-electron chi connectivity index (χ1n) is 6.59. The summed E-state index contributed by atoms with van der Waals surface area (Å²) in [5, 5.41) is 0.305. The maximum absolute atomic E-state index is 12.5. The van der Waals surface area contributed by atoms with Gasteiger partial charge in [0.25, 0.3) is 5.91 Å². The van der Waals surface area contributed by atoms with Crippen molar-refractivity contribution in [1.82, 2.24) is 19.8 Å². The fourth-order valence-electron chi connectivity index (χ4n) is 2.43. The van der Waals surface area contributed by atoms with Gasteiger partial charge in [-0.25, -0.2) is 9.97 Å². The van der Waals surface area contributed by atoms with Crippen LogP contribution in [0.5, 0.6) is 0 Å². The fourth-order valence-corrected chi connectivity index (χ4v) is 2.53. The molecule has 0 bridgehead atoms. The number of nitrogens with zero attached hydrogens (tertiary/aromatic N) is 4. The minimum absolute atomic E-state index is 0.0497. The number of carbonyl (C=O) groups excluding carboxylic acids is 1. The van der Waals surface area contributed by atoms with Crippen LogP contribution in [-0.2, 0) is 0 Å². The molecule has 1 aliphatic rings. The van der Waals surface area contributed by atoms with E-state index in [1.165, 1.54) is 12.4 Å². The molecule has 104 valence electrons. The first-order valence-corrected chi connectivity index (χ1v) is 6.96. The van der Waals surface area contributed by atoms with E-state index < -0.39 is 0 Å². The van der Waals surface area contributed by atoms with E-state index in [0.29, 0.717) is 10.8 Å². The molecule has 1 amide bonds. The number of likely N-dealkylation sites (N-methyl/N-ethyl adjacent to an activating group) is 1. The van der Waals surface area contributed by atoms with Gasteiger partial charge in [0.1, 0.15) is 10.8 Å². The predicted octanol–water partition coefficient (Wildman–Crippen LogP) is 1.69. The summed E-state index contributed by atoms with van der Waals surface area (Å²) < 4.78 is 0. The summed E-state index contributed by atoms with van der Waals surface area (Å²) in [7, 11) is 2.10. The predicted molar refractivity (Wildman–Crippen MR) is 74.3 cm³/mol. The van der Waals surface area contributed by atoms with Crippen LogP contribution in [0.3, 0.4) is 0 Å². The minimum atomic E-state index is -0.0497. The summed E-state index contributed by atoms with van der Waals surface area (Å²) in [4.78, 5) is 24.7. The zero-order chi connectivity index (χ0) is 13.8. The van der Waals surface area contributed by atoms with Crippen LogP contribution < -0.4 is 0 Å². The molecule has 1 unspecified atom stereocenters. The lowest BCUT2D eigenvalue weighted by atomic mass is 10.1. The molecule has 1 aliphatic heterocycles. The second kappa shape index (κ2) is 6.30. The number of aromatic nitrogens is 2. The van der Waals surface area contributed by atoms with Crippen molar-refractivity contribution >= 4 is 17.5 Å². The molecule has 1 aromatic heterocycles. The van der Waals surface area contributed by atoms with Gasteiger partial charge in [-0.15, -0.1) is 0 Å². The number of rotatable bonds is 2. The average molecular weight is 283 g/mol. The summed E-state index contributed by atoms with van der Waals surface area (Å²) in [6.07, 6.45) is 4.79. The fraction of sp³-hybridized carbons (Fsp3) is 0.615. The van der Waals surface area contributed by atoms with Crippen molar-refractivity contribution in [3.63, 3.8) is 0 Å². The van der Waals surface area contributed by atoms with Gasteiger partial charge in [0.05, 0.1) is 12.4 Å². The molecule has 0 spiro atoms.